The summed E-state index contributed by atoms with van der Waals surface area (Å²) in [5, 5.41) is 5.50. The van der Waals surface area contributed by atoms with Crippen molar-refractivity contribution >= 4 is 43.6 Å². The zero-order chi connectivity index (χ0) is 25.8. The molecule has 39 heavy (non-hydrogen) atoms. The van der Waals surface area contributed by atoms with E-state index < -0.39 is 0 Å². The molecule has 3 nitrogen and oxygen atoms in total. The van der Waals surface area contributed by atoms with Gasteiger partial charge in [0.1, 0.15) is 16.8 Å². The van der Waals surface area contributed by atoms with Crippen LogP contribution in [0.1, 0.15) is 0 Å². The van der Waals surface area contributed by atoms with Crippen LogP contribution in [0.2, 0.25) is 0 Å². The van der Waals surface area contributed by atoms with Gasteiger partial charge in [0.25, 0.3) is 0 Å². The SMILES string of the molecule is c1ccc(-c2cccc(-c3nc(-c4cccc5ccccc45)c4oc5c6ccccc6ccc5c4n3)c2)cc1. The largest absolute Gasteiger partial charge is 0.451 e. The summed E-state index contributed by atoms with van der Waals surface area (Å²) < 4.78 is 6.66. The van der Waals surface area contributed by atoms with Gasteiger partial charge in [-0.15, -0.1) is 0 Å². The number of hydrogen-bond acceptors (Lipinski definition) is 3. The van der Waals surface area contributed by atoms with E-state index in [2.05, 4.69) is 121 Å². The van der Waals surface area contributed by atoms with Crippen LogP contribution in [0.25, 0.3) is 77.4 Å². The Kier molecular flexibility index (Phi) is 4.82. The van der Waals surface area contributed by atoms with Crippen LogP contribution in [-0.4, -0.2) is 9.97 Å². The van der Waals surface area contributed by atoms with Gasteiger partial charge >= 0.3 is 0 Å². The second-order valence-electron chi connectivity index (χ2n) is 9.81. The molecule has 0 saturated heterocycles. The lowest BCUT2D eigenvalue weighted by molar-refractivity contribution is 0.671. The first kappa shape index (κ1) is 21.8. The topological polar surface area (TPSA) is 38.9 Å². The van der Waals surface area contributed by atoms with Crippen LogP contribution in [0.4, 0.5) is 0 Å². The normalized spacial score (nSPS) is 11.6. The molecule has 0 bridgehead atoms. The van der Waals surface area contributed by atoms with Crippen molar-refractivity contribution in [2.75, 3.05) is 0 Å². The molecular formula is C36H22N2O. The Morgan fingerprint density at radius 1 is 0.436 bits per heavy atom. The highest BCUT2D eigenvalue weighted by Crippen LogP contribution is 2.40. The fourth-order valence-corrected chi connectivity index (χ4v) is 5.58. The summed E-state index contributed by atoms with van der Waals surface area (Å²) in [6.45, 7) is 0. The van der Waals surface area contributed by atoms with Gasteiger partial charge in [-0.25, -0.2) is 9.97 Å². The van der Waals surface area contributed by atoms with E-state index in [0.29, 0.717) is 11.4 Å². The molecule has 0 fully saturated rings. The summed E-state index contributed by atoms with van der Waals surface area (Å²) in [5.41, 5.74) is 7.47. The van der Waals surface area contributed by atoms with E-state index in [4.69, 9.17) is 14.4 Å². The number of nitrogens with zero attached hydrogens (tertiary/aromatic N) is 2. The van der Waals surface area contributed by atoms with Crippen LogP contribution in [0.5, 0.6) is 0 Å². The average Bonchev–Trinajstić information content (AvgIpc) is 3.40. The van der Waals surface area contributed by atoms with Gasteiger partial charge in [-0.1, -0.05) is 121 Å². The second kappa shape index (κ2) is 8.64. The first-order valence-electron chi connectivity index (χ1n) is 13.1. The quantitative estimate of drug-likeness (QED) is 0.243. The predicted molar refractivity (Wildman–Crippen MR) is 161 cm³/mol. The molecule has 2 aromatic heterocycles. The maximum Gasteiger partial charge on any atom is 0.180 e. The van der Waals surface area contributed by atoms with E-state index in [9.17, 15) is 0 Å². The summed E-state index contributed by atoms with van der Waals surface area (Å²) in [5.74, 6) is 0.680. The molecule has 0 aliphatic heterocycles. The molecule has 0 spiro atoms. The Morgan fingerprint density at radius 3 is 1.97 bits per heavy atom. The van der Waals surface area contributed by atoms with Crippen molar-refractivity contribution in [2.24, 2.45) is 0 Å². The monoisotopic (exact) mass is 498 g/mol. The summed E-state index contributed by atoms with van der Waals surface area (Å²) in [6, 6.07) is 46.2. The summed E-state index contributed by atoms with van der Waals surface area (Å²) in [7, 11) is 0. The number of furan rings is 1. The predicted octanol–water partition coefficient (Wildman–Crippen LogP) is 9.68. The Balaban J connectivity index is 1.46. The third-order valence-electron chi connectivity index (χ3n) is 7.48. The van der Waals surface area contributed by atoms with Crippen molar-refractivity contribution in [3.05, 3.63) is 133 Å². The molecule has 6 aromatic carbocycles. The van der Waals surface area contributed by atoms with Gasteiger partial charge in [0, 0.05) is 21.9 Å². The Hall–Kier alpha value is -5.28. The zero-order valence-corrected chi connectivity index (χ0v) is 21.0. The molecule has 0 aliphatic carbocycles. The van der Waals surface area contributed by atoms with Gasteiger partial charge in [-0.05, 0) is 39.4 Å². The molecule has 2 heterocycles. The Morgan fingerprint density at radius 2 is 1.10 bits per heavy atom. The molecule has 0 amide bonds. The van der Waals surface area contributed by atoms with Crippen LogP contribution < -0.4 is 0 Å². The lowest BCUT2D eigenvalue weighted by Crippen LogP contribution is -1.95. The highest BCUT2D eigenvalue weighted by Gasteiger charge is 2.20. The molecule has 0 aliphatic rings. The van der Waals surface area contributed by atoms with Crippen molar-refractivity contribution in [2.45, 2.75) is 0 Å². The van der Waals surface area contributed by atoms with Crippen LogP contribution in [-0.2, 0) is 0 Å². The van der Waals surface area contributed by atoms with Crippen molar-refractivity contribution in [3.8, 4) is 33.8 Å². The number of rotatable bonds is 3. The van der Waals surface area contributed by atoms with Gasteiger partial charge in [0.15, 0.2) is 11.4 Å². The molecule has 0 unspecified atom stereocenters. The van der Waals surface area contributed by atoms with Crippen molar-refractivity contribution in [1.82, 2.24) is 9.97 Å². The minimum atomic E-state index is 0.680. The number of fused-ring (bicyclic) bond motifs is 6. The van der Waals surface area contributed by atoms with Gasteiger partial charge < -0.3 is 4.42 Å². The molecule has 8 aromatic rings. The van der Waals surface area contributed by atoms with Crippen molar-refractivity contribution in [1.29, 1.82) is 0 Å². The number of hydrogen-bond donors (Lipinski definition) is 0. The maximum atomic E-state index is 6.66. The maximum absolute atomic E-state index is 6.66. The van der Waals surface area contributed by atoms with E-state index in [0.717, 1.165) is 66.0 Å². The highest BCUT2D eigenvalue weighted by molar-refractivity contribution is 6.16. The molecule has 182 valence electrons. The van der Waals surface area contributed by atoms with Crippen LogP contribution in [0.15, 0.2) is 138 Å². The number of aromatic nitrogens is 2. The van der Waals surface area contributed by atoms with Crippen molar-refractivity contribution < 1.29 is 4.42 Å². The van der Waals surface area contributed by atoms with E-state index in [1.807, 2.05) is 12.1 Å². The zero-order valence-electron chi connectivity index (χ0n) is 21.0. The van der Waals surface area contributed by atoms with Gasteiger partial charge in [0.05, 0.1) is 0 Å². The van der Waals surface area contributed by atoms with Gasteiger partial charge in [0.2, 0.25) is 0 Å². The molecule has 3 heteroatoms. The Bertz CT molecular complexity index is 2170. The van der Waals surface area contributed by atoms with E-state index >= 15 is 0 Å². The van der Waals surface area contributed by atoms with E-state index in [1.54, 1.807) is 0 Å². The molecule has 0 N–H and O–H groups in total. The minimum Gasteiger partial charge on any atom is -0.451 e. The molecule has 0 atom stereocenters. The first-order valence-corrected chi connectivity index (χ1v) is 13.1. The molecular weight excluding hydrogens is 476 g/mol. The average molecular weight is 499 g/mol. The summed E-state index contributed by atoms with van der Waals surface area (Å²) >= 11 is 0. The Labute approximate surface area is 225 Å². The minimum absolute atomic E-state index is 0.680. The standard InChI is InChI=1S/C36H22N2O/c1-2-10-23(11-3-1)26-15-8-16-27(22-26)36-37-32(30-19-9-14-24-12-4-6-17-28(24)30)35-33(38-36)31-21-20-25-13-5-7-18-29(25)34(31)39-35/h1-22H. The second-order valence-corrected chi connectivity index (χ2v) is 9.81. The lowest BCUT2D eigenvalue weighted by atomic mass is 10.0. The molecule has 0 saturated carbocycles. The first-order chi connectivity index (χ1) is 19.3. The smallest absolute Gasteiger partial charge is 0.180 e. The fraction of sp³-hybridized carbons (Fsp3) is 0. The summed E-state index contributed by atoms with van der Waals surface area (Å²) in [6.07, 6.45) is 0. The van der Waals surface area contributed by atoms with Crippen LogP contribution in [0, 0.1) is 0 Å². The molecule has 0 radical (unpaired) electrons. The van der Waals surface area contributed by atoms with E-state index in [1.165, 1.54) is 0 Å². The third kappa shape index (κ3) is 3.52. The van der Waals surface area contributed by atoms with Gasteiger partial charge in [-0.3, -0.25) is 0 Å². The lowest BCUT2D eigenvalue weighted by Gasteiger charge is -2.10. The van der Waals surface area contributed by atoms with Crippen LogP contribution >= 0.6 is 0 Å². The van der Waals surface area contributed by atoms with Gasteiger partial charge in [-0.2, -0.15) is 0 Å². The van der Waals surface area contributed by atoms with E-state index in [-0.39, 0.29) is 0 Å². The fourth-order valence-electron chi connectivity index (χ4n) is 5.58. The number of benzene rings is 6. The summed E-state index contributed by atoms with van der Waals surface area (Å²) in [4.78, 5) is 10.3. The third-order valence-corrected chi connectivity index (χ3v) is 7.48. The van der Waals surface area contributed by atoms with Crippen molar-refractivity contribution in [3.63, 3.8) is 0 Å². The van der Waals surface area contributed by atoms with Crippen LogP contribution in [0.3, 0.4) is 0 Å². The highest BCUT2D eigenvalue weighted by atomic mass is 16.3. The molecule has 8 rings (SSSR count).